The lowest BCUT2D eigenvalue weighted by Gasteiger charge is -2.25. The molecule has 0 radical (unpaired) electrons. The molecule has 0 aromatic rings. The third-order valence-corrected chi connectivity index (χ3v) is 5.46. The molecule has 152 valence electrons. The number of unbranched alkanes of at least 4 members (excludes halogenated alkanes) is 7. The SMILES string of the molecule is COC(=O)C1CCCC(C(=O)OCCCCCCCCCCC(C)C)C1. The van der Waals surface area contributed by atoms with Gasteiger partial charge in [0.2, 0.25) is 0 Å². The van der Waals surface area contributed by atoms with Gasteiger partial charge in [0, 0.05) is 0 Å². The zero-order chi connectivity index (χ0) is 19.2. The van der Waals surface area contributed by atoms with Gasteiger partial charge < -0.3 is 9.47 Å². The number of hydrogen-bond acceptors (Lipinski definition) is 4. The van der Waals surface area contributed by atoms with Crippen molar-refractivity contribution in [3.8, 4) is 0 Å². The fourth-order valence-electron chi connectivity index (χ4n) is 3.79. The average molecular weight is 369 g/mol. The van der Waals surface area contributed by atoms with Gasteiger partial charge in [0.05, 0.1) is 25.6 Å². The van der Waals surface area contributed by atoms with Crippen molar-refractivity contribution in [2.45, 2.75) is 97.3 Å². The summed E-state index contributed by atoms with van der Waals surface area (Å²) >= 11 is 0. The van der Waals surface area contributed by atoms with E-state index >= 15 is 0 Å². The molecule has 26 heavy (non-hydrogen) atoms. The van der Waals surface area contributed by atoms with E-state index in [1.807, 2.05) is 0 Å². The summed E-state index contributed by atoms with van der Waals surface area (Å²) in [6.45, 7) is 5.10. The molecule has 1 fully saturated rings. The van der Waals surface area contributed by atoms with E-state index in [4.69, 9.17) is 9.47 Å². The quantitative estimate of drug-likeness (QED) is 0.310. The Kier molecular flexibility index (Phi) is 12.4. The van der Waals surface area contributed by atoms with Crippen LogP contribution in [0.4, 0.5) is 0 Å². The molecule has 1 aliphatic rings. The van der Waals surface area contributed by atoms with Crippen LogP contribution in [-0.2, 0) is 19.1 Å². The Morgan fingerprint density at radius 1 is 0.846 bits per heavy atom. The summed E-state index contributed by atoms with van der Waals surface area (Å²) in [4.78, 5) is 23.8. The summed E-state index contributed by atoms with van der Waals surface area (Å²) in [7, 11) is 1.41. The van der Waals surface area contributed by atoms with Crippen molar-refractivity contribution >= 4 is 11.9 Å². The van der Waals surface area contributed by atoms with Crippen molar-refractivity contribution in [3.63, 3.8) is 0 Å². The molecule has 0 amide bonds. The molecule has 1 aliphatic carbocycles. The van der Waals surface area contributed by atoms with Crippen molar-refractivity contribution in [1.29, 1.82) is 0 Å². The fraction of sp³-hybridized carbons (Fsp3) is 0.909. The highest BCUT2D eigenvalue weighted by molar-refractivity contribution is 5.76. The van der Waals surface area contributed by atoms with E-state index < -0.39 is 0 Å². The molecule has 0 spiro atoms. The summed E-state index contributed by atoms with van der Waals surface area (Å²) in [6, 6.07) is 0. The molecular weight excluding hydrogens is 328 g/mol. The van der Waals surface area contributed by atoms with E-state index in [0.717, 1.165) is 38.0 Å². The first-order valence-corrected chi connectivity index (χ1v) is 10.8. The van der Waals surface area contributed by atoms with E-state index in [-0.39, 0.29) is 23.8 Å². The van der Waals surface area contributed by atoms with Gasteiger partial charge >= 0.3 is 11.9 Å². The maximum absolute atomic E-state index is 12.2. The van der Waals surface area contributed by atoms with Crippen molar-refractivity contribution in [2.24, 2.45) is 17.8 Å². The molecule has 0 heterocycles. The van der Waals surface area contributed by atoms with Crippen LogP contribution in [0, 0.1) is 17.8 Å². The van der Waals surface area contributed by atoms with Gasteiger partial charge in [0.25, 0.3) is 0 Å². The Balaban J connectivity index is 1.97. The van der Waals surface area contributed by atoms with Crippen LogP contribution >= 0.6 is 0 Å². The van der Waals surface area contributed by atoms with Crippen molar-refractivity contribution in [2.75, 3.05) is 13.7 Å². The molecule has 2 atom stereocenters. The average Bonchev–Trinajstić information content (AvgIpc) is 2.65. The molecule has 2 unspecified atom stereocenters. The number of methoxy groups -OCH3 is 1. The maximum Gasteiger partial charge on any atom is 0.308 e. The minimum absolute atomic E-state index is 0.122. The molecule has 0 aromatic carbocycles. The Bertz CT molecular complexity index is 392. The topological polar surface area (TPSA) is 52.6 Å². The van der Waals surface area contributed by atoms with Crippen LogP contribution in [0.15, 0.2) is 0 Å². The van der Waals surface area contributed by atoms with Gasteiger partial charge in [-0.2, -0.15) is 0 Å². The van der Waals surface area contributed by atoms with Crippen LogP contribution in [0.25, 0.3) is 0 Å². The van der Waals surface area contributed by atoms with Crippen molar-refractivity contribution < 1.29 is 19.1 Å². The molecular formula is C22H40O4. The summed E-state index contributed by atoms with van der Waals surface area (Å²) in [5.74, 6) is 0.263. The van der Waals surface area contributed by atoms with E-state index in [2.05, 4.69) is 13.8 Å². The Hall–Kier alpha value is -1.06. The number of carbonyl (C=O) groups is 2. The van der Waals surface area contributed by atoms with E-state index in [9.17, 15) is 9.59 Å². The molecule has 0 aromatic heterocycles. The van der Waals surface area contributed by atoms with Crippen molar-refractivity contribution in [3.05, 3.63) is 0 Å². The maximum atomic E-state index is 12.2. The van der Waals surface area contributed by atoms with Gasteiger partial charge in [0.15, 0.2) is 0 Å². The second kappa shape index (κ2) is 14.1. The minimum Gasteiger partial charge on any atom is -0.469 e. The van der Waals surface area contributed by atoms with Gasteiger partial charge in [-0.3, -0.25) is 9.59 Å². The van der Waals surface area contributed by atoms with Crippen LogP contribution in [0.3, 0.4) is 0 Å². The van der Waals surface area contributed by atoms with Gasteiger partial charge in [-0.05, 0) is 31.6 Å². The molecule has 0 aliphatic heterocycles. The highest BCUT2D eigenvalue weighted by Crippen LogP contribution is 2.30. The number of rotatable bonds is 13. The van der Waals surface area contributed by atoms with Crippen LogP contribution in [-0.4, -0.2) is 25.7 Å². The molecule has 0 saturated heterocycles. The summed E-state index contributed by atoms with van der Waals surface area (Å²) in [5, 5.41) is 0. The number of esters is 2. The standard InChI is InChI=1S/C22H40O4/c1-18(2)13-10-8-6-4-5-7-9-11-16-26-22(24)20-15-12-14-19(17-20)21(23)25-3/h18-20H,4-17H2,1-3H3. The van der Waals surface area contributed by atoms with Crippen molar-refractivity contribution in [1.82, 2.24) is 0 Å². The highest BCUT2D eigenvalue weighted by atomic mass is 16.5. The summed E-state index contributed by atoms with van der Waals surface area (Å²) in [5.41, 5.74) is 0. The highest BCUT2D eigenvalue weighted by Gasteiger charge is 2.32. The Labute approximate surface area is 160 Å². The van der Waals surface area contributed by atoms with Crippen LogP contribution < -0.4 is 0 Å². The van der Waals surface area contributed by atoms with Gasteiger partial charge in [-0.1, -0.05) is 71.6 Å². The predicted octanol–water partition coefficient (Wildman–Crippen LogP) is 5.68. The molecule has 1 saturated carbocycles. The number of hydrogen-bond donors (Lipinski definition) is 0. The van der Waals surface area contributed by atoms with Gasteiger partial charge in [-0.25, -0.2) is 0 Å². The van der Waals surface area contributed by atoms with Crippen LogP contribution in [0.5, 0.6) is 0 Å². The van der Waals surface area contributed by atoms with E-state index in [1.165, 1.54) is 52.1 Å². The molecule has 1 rings (SSSR count). The lowest BCUT2D eigenvalue weighted by atomic mass is 9.81. The number of carbonyl (C=O) groups excluding carboxylic acids is 2. The first kappa shape index (κ1) is 23.0. The van der Waals surface area contributed by atoms with Gasteiger partial charge in [-0.15, -0.1) is 0 Å². The normalized spacial score (nSPS) is 20.2. The fourth-order valence-corrected chi connectivity index (χ4v) is 3.79. The lowest BCUT2D eigenvalue weighted by molar-refractivity contribution is -0.153. The molecule has 0 bridgehead atoms. The second-order valence-corrected chi connectivity index (χ2v) is 8.26. The lowest BCUT2D eigenvalue weighted by Crippen LogP contribution is -2.29. The third kappa shape index (κ3) is 10.2. The van der Waals surface area contributed by atoms with Gasteiger partial charge in [0.1, 0.15) is 0 Å². The zero-order valence-corrected chi connectivity index (χ0v) is 17.3. The number of ether oxygens (including phenoxy) is 2. The first-order valence-electron chi connectivity index (χ1n) is 10.8. The van der Waals surface area contributed by atoms with Crippen LogP contribution in [0.2, 0.25) is 0 Å². The summed E-state index contributed by atoms with van der Waals surface area (Å²) < 4.78 is 10.2. The first-order chi connectivity index (χ1) is 12.5. The smallest absolute Gasteiger partial charge is 0.308 e. The third-order valence-electron chi connectivity index (χ3n) is 5.46. The van der Waals surface area contributed by atoms with E-state index in [0.29, 0.717) is 13.0 Å². The predicted molar refractivity (Wildman–Crippen MR) is 105 cm³/mol. The van der Waals surface area contributed by atoms with E-state index in [1.54, 1.807) is 0 Å². The Morgan fingerprint density at radius 2 is 1.38 bits per heavy atom. The molecule has 4 nitrogen and oxygen atoms in total. The molecule has 4 heteroatoms. The van der Waals surface area contributed by atoms with Crippen LogP contribution in [0.1, 0.15) is 97.3 Å². The Morgan fingerprint density at radius 3 is 1.96 bits per heavy atom. The minimum atomic E-state index is -0.188. The zero-order valence-electron chi connectivity index (χ0n) is 17.3. The molecule has 0 N–H and O–H groups in total. The summed E-state index contributed by atoms with van der Waals surface area (Å²) in [6.07, 6.45) is 14.5. The largest absolute Gasteiger partial charge is 0.469 e. The monoisotopic (exact) mass is 368 g/mol. The second-order valence-electron chi connectivity index (χ2n) is 8.26.